The van der Waals surface area contributed by atoms with Crippen molar-refractivity contribution in [2.75, 3.05) is 6.54 Å². The molecule has 5 heteroatoms. The van der Waals surface area contributed by atoms with Crippen LogP contribution < -0.4 is 5.73 Å². The molecule has 5 nitrogen and oxygen atoms in total. The second-order valence-corrected chi connectivity index (χ2v) is 4.55. The van der Waals surface area contributed by atoms with E-state index in [1.54, 1.807) is 0 Å². The van der Waals surface area contributed by atoms with Crippen molar-refractivity contribution in [2.45, 2.75) is 32.0 Å². The summed E-state index contributed by atoms with van der Waals surface area (Å²) in [7, 11) is 0. The van der Waals surface area contributed by atoms with Crippen molar-refractivity contribution in [1.82, 2.24) is 14.6 Å². The van der Waals surface area contributed by atoms with Gasteiger partial charge in [-0.05, 0) is 37.5 Å². The summed E-state index contributed by atoms with van der Waals surface area (Å²) >= 11 is 0. The molecule has 2 N–H and O–H groups in total. The fourth-order valence-corrected chi connectivity index (χ4v) is 2.30. The third kappa shape index (κ3) is 1.81. The van der Waals surface area contributed by atoms with Crippen molar-refractivity contribution in [3.05, 3.63) is 29.7 Å². The molecule has 0 radical (unpaired) electrons. The molecule has 2 aromatic heterocycles. The van der Waals surface area contributed by atoms with Crippen molar-refractivity contribution in [3.8, 4) is 0 Å². The van der Waals surface area contributed by atoms with E-state index in [1.807, 2.05) is 23.6 Å². The molecule has 3 rings (SSSR count). The predicted molar refractivity (Wildman–Crippen MR) is 63.6 cm³/mol. The highest BCUT2D eigenvalue weighted by Gasteiger charge is 2.28. The average Bonchev–Trinajstić information content (AvgIpc) is 2.93. The molecule has 90 valence electrons. The molecule has 2 aromatic rings. The van der Waals surface area contributed by atoms with E-state index >= 15 is 0 Å². The summed E-state index contributed by atoms with van der Waals surface area (Å²) < 4.78 is 7.84. The third-order valence-electron chi connectivity index (χ3n) is 3.25. The van der Waals surface area contributed by atoms with E-state index in [0.29, 0.717) is 6.54 Å². The summed E-state index contributed by atoms with van der Waals surface area (Å²) in [6.45, 7) is 2.62. The van der Waals surface area contributed by atoms with Gasteiger partial charge in [0.2, 0.25) is 0 Å². The van der Waals surface area contributed by atoms with Crippen molar-refractivity contribution in [2.24, 2.45) is 5.73 Å². The lowest BCUT2D eigenvalue weighted by molar-refractivity contribution is 0.0442. The van der Waals surface area contributed by atoms with Crippen LogP contribution in [0.1, 0.15) is 30.3 Å². The van der Waals surface area contributed by atoms with Crippen LogP contribution in [0.15, 0.2) is 18.3 Å². The van der Waals surface area contributed by atoms with Gasteiger partial charge in [0.25, 0.3) is 0 Å². The predicted octanol–water partition coefficient (Wildman–Crippen LogP) is 1.22. The van der Waals surface area contributed by atoms with Crippen LogP contribution in [0.2, 0.25) is 0 Å². The van der Waals surface area contributed by atoms with E-state index in [2.05, 4.69) is 16.3 Å². The van der Waals surface area contributed by atoms with Crippen LogP contribution in [-0.2, 0) is 4.74 Å². The molecule has 2 unspecified atom stereocenters. The van der Waals surface area contributed by atoms with Crippen LogP contribution in [0.25, 0.3) is 5.65 Å². The Morgan fingerprint density at radius 3 is 3.12 bits per heavy atom. The number of rotatable bonds is 2. The fourth-order valence-electron chi connectivity index (χ4n) is 2.30. The lowest BCUT2D eigenvalue weighted by Gasteiger charge is -2.10. The van der Waals surface area contributed by atoms with Crippen LogP contribution in [0, 0.1) is 6.92 Å². The number of nitrogens with zero attached hydrogens (tertiary/aromatic N) is 3. The van der Waals surface area contributed by atoms with E-state index in [4.69, 9.17) is 10.5 Å². The van der Waals surface area contributed by atoms with Gasteiger partial charge in [0.15, 0.2) is 11.5 Å². The van der Waals surface area contributed by atoms with Gasteiger partial charge in [0, 0.05) is 12.7 Å². The Kier molecular flexibility index (Phi) is 2.57. The van der Waals surface area contributed by atoms with E-state index < -0.39 is 0 Å². The van der Waals surface area contributed by atoms with Gasteiger partial charge in [0.1, 0.15) is 6.10 Å². The second-order valence-electron chi connectivity index (χ2n) is 4.55. The van der Waals surface area contributed by atoms with E-state index in [0.717, 1.165) is 24.3 Å². The highest BCUT2D eigenvalue weighted by atomic mass is 16.5. The number of aryl methyl sites for hydroxylation is 1. The Morgan fingerprint density at radius 1 is 1.47 bits per heavy atom. The van der Waals surface area contributed by atoms with Crippen LogP contribution in [-0.4, -0.2) is 27.2 Å². The molecule has 3 heterocycles. The lowest BCUT2D eigenvalue weighted by Crippen LogP contribution is -2.19. The van der Waals surface area contributed by atoms with Gasteiger partial charge in [0.05, 0.1) is 6.10 Å². The van der Waals surface area contributed by atoms with E-state index in [9.17, 15) is 0 Å². The first kappa shape index (κ1) is 10.7. The normalized spacial score (nSPS) is 24.6. The number of pyridine rings is 1. The fraction of sp³-hybridized carbons (Fsp3) is 0.500. The molecular formula is C12H16N4O. The zero-order chi connectivity index (χ0) is 11.8. The minimum atomic E-state index is 0.0289. The minimum Gasteiger partial charge on any atom is -0.366 e. The van der Waals surface area contributed by atoms with Gasteiger partial charge in [-0.3, -0.25) is 4.40 Å². The monoisotopic (exact) mass is 232 g/mol. The zero-order valence-electron chi connectivity index (χ0n) is 9.84. The summed E-state index contributed by atoms with van der Waals surface area (Å²) in [5.74, 6) is 0.885. The highest BCUT2D eigenvalue weighted by molar-refractivity contribution is 5.41. The molecule has 1 fully saturated rings. The molecule has 0 saturated carbocycles. The minimum absolute atomic E-state index is 0.0289. The number of hydrogen-bond donors (Lipinski definition) is 1. The molecule has 0 bridgehead atoms. The summed E-state index contributed by atoms with van der Waals surface area (Å²) in [5, 5.41) is 8.41. The molecule has 0 aromatic carbocycles. The number of aromatic nitrogens is 3. The summed E-state index contributed by atoms with van der Waals surface area (Å²) in [5.41, 5.74) is 7.67. The Morgan fingerprint density at radius 2 is 2.35 bits per heavy atom. The Balaban J connectivity index is 1.96. The van der Waals surface area contributed by atoms with Crippen LogP contribution in [0.5, 0.6) is 0 Å². The maximum absolute atomic E-state index is 5.84. The van der Waals surface area contributed by atoms with Crippen molar-refractivity contribution in [3.63, 3.8) is 0 Å². The summed E-state index contributed by atoms with van der Waals surface area (Å²) in [6, 6.07) is 4.07. The SMILES string of the molecule is Cc1ccn2c(C3CCC(CN)O3)nnc2c1. The van der Waals surface area contributed by atoms with Gasteiger partial charge >= 0.3 is 0 Å². The van der Waals surface area contributed by atoms with E-state index in [-0.39, 0.29) is 12.2 Å². The quantitative estimate of drug-likeness (QED) is 0.845. The summed E-state index contributed by atoms with van der Waals surface area (Å²) in [4.78, 5) is 0. The van der Waals surface area contributed by atoms with Crippen LogP contribution >= 0.6 is 0 Å². The molecule has 2 atom stereocenters. The van der Waals surface area contributed by atoms with E-state index in [1.165, 1.54) is 5.56 Å². The number of fused-ring (bicyclic) bond motifs is 1. The standard InChI is InChI=1S/C12H16N4O/c1-8-4-5-16-11(6-8)14-15-12(16)10-3-2-9(7-13)17-10/h4-6,9-10H,2-3,7,13H2,1H3. The average molecular weight is 232 g/mol. The molecule has 17 heavy (non-hydrogen) atoms. The van der Waals surface area contributed by atoms with Gasteiger partial charge in [-0.15, -0.1) is 10.2 Å². The topological polar surface area (TPSA) is 65.4 Å². The van der Waals surface area contributed by atoms with Gasteiger partial charge in [-0.1, -0.05) is 0 Å². The molecular weight excluding hydrogens is 216 g/mol. The van der Waals surface area contributed by atoms with Crippen LogP contribution in [0.4, 0.5) is 0 Å². The second kappa shape index (κ2) is 4.09. The van der Waals surface area contributed by atoms with Crippen molar-refractivity contribution in [1.29, 1.82) is 0 Å². The maximum atomic E-state index is 5.84. The van der Waals surface area contributed by atoms with Crippen LogP contribution in [0.3, 0.4) is 0 Å². The molecule has 0 spiro atoms. The van der Waals surface area contributed by atoms with Crippen molar-refractivity contribution < 1.29 is 4.74 Å². The number of nitrogens with two attached hydrogens (primary N) is 1. The van der Waals surface area contributed by atoms with Gasteiger partial charge < -0.3 is 10.5 Å². The Hall–Kier alpha value is -1.46. The summed E-state index contributed by atoms with van der Waals surface area (Å²) in [6.07, 6.45) is 4.16. The highest BCUT2D eigenvalue weighted by Crippen LogP contribution is 2.31. The molecule has 1 aliphatic heterocycles. The number of hydrogen-bond acceptors (Lipinski definition) is 4. The largest absolute Gasteiger partial charge is 0.366 e. The molecule has 1 aliphatic rings. The Bertz CT molecular complexity index is 536. The molecule has 1 saturated heterocycles. The smallest absolute Gasteiger partial charge is 0.166 e. The van der Waals surface area contributed by atoms with Gasteiger partial charge in [-0.25, -0.2) is 0 Å². The van der Waals surface area contributed by atoms with Crippen molar-refractivity contribution >= 4 is 5.65 Å². The zero-order valence-corrected chi connectivity index (χ0v) is 9.84. The first-order valence-corrected chi connectivity index (χ1v) is 5.95. The van der Waals surface area contributed by atoms with Gasteiger partial charge in [-0.2, -0.15) is 0 Å². The first-order chi connectivity index (χ1) is 8.28. The Labute approximate surface area is 99.6 Å². The third-order valence-corrected chi connectivity index (χ3v) is 3.25. The first-order valence-electron chi connectivity index (χ1n) is 5.95. The number of ether oxygens (including phenoxy) is 1. The molecule has 0 aliphatic carbocycles. The maximum Gasteiger partial charge on any atom is 0.166 e. The lowest BCUT2D eigenvalue weighted by atomic mass is 10.2. The molecule has 0 amide bonds.